The SMILES string of the molecule is CCOc1ccc(OCCC(=O)OC(C)C(=O)NC(=O)NC(C)C)cc1. The molecule has 144 valence electrons. The number of rotatable bonds is 9. The molecule has 1 aromatic rings. The second kappa shape index (κ2) is 11.0. The minimum atomic E-state index is -1.08. The summed E-state index contributed by atoms with van der Waals surface area (Å²) in [7, 11) is 0. The third-order valence-corrected chi connectivity index (χ3v) is 3.04. The molecule has 0 aliphatic rings. The Morgan fingerprint density at radius 2 is 1.58 bits per heavy atom. The molecule has 0 aliphatic carbocycles. The van der Waals surface area contributed by atoms with Gasteiger partial charge in [-0.25, -0.2) is 4.79 Å². The molecule has 1 rings (SSSR count). The van der Waals surface area contributed by atoms with Crippen molar-refractivity contribution in [3.05, 3.63) is 24.3 Å². The van der Waals surface area contributed by atoms with Gasteiger partial charge < -0.3 is 19.5 Å². The lowest BCUT2D eigenvalue weighted by Crippen LogP contribution is -2.46. The number of imide groups is 1. The lowest BCUT2D eigenvalue weighted by atomic mass is 10.3. The average molecular weight is 366 g/mol. The van der Waals surface area contributed by atoms with Crippen LogP contribution in [0.5, 0.6) is 11.5 Å². The van der Waals surface area contributed by atoms with Crippen molar-refractivity contribution in [3.63, 3.8) is 0 Å². The molecule has 8 heteroatoms. The molecule has 3 amide bonds. The lowest BCUT2D eigenvalue weighted by Gasteiger charge is -2.14. The first-order chi connectivity index (χ1) is 12.3. The van der Waals surface area contributed by atoms with Gasteiger partial charge in [-0.1, -0.05) is 0 Å². The molecule has 0 saturated carbocycles. The first kappa shape index (κ1) is 21.3. The van der Waals surface area contributed by atoms with E-state index in [9.17, 15) is 14.4 Å². The standard InChI is InChI=1S/C18H26N2O6/c1-5-24-14-6-8-15(9-7-14)25-11-10-16(21)26-13(4)17(22)20-18(23)19-12(2)3/h6-9,12-13H,5,10-11H2,1-4H3,(H2,19,20,22,23). The van der Waals surface area contributed by atoms with Crippen LogP contribution in [-0.2, 0) is 14.3 Å². The summed E-state index contributed by atoms with van der Waals surface area (Å²) < 4.78 is 15.7. The van der Waals surface area contributed by atoms with Crippen molar-refractivity contribution in [1.82, 2.24) is 10.6 Å². The van der Waals surface area contributed by atoms with Gasteiger partial charge in [0.25, 0.3) is 5.91 Å². The number of esters is 1. The van der Waals surface area contributed by atoms with E-state index in [4.69, 9.17) is 14.2 Å². The molecule has 0 bridgehead atoms. The highest BCUT2D eigenvalue weighted by molar-refractivity contribution is 5.97. The first-order valence-corrected chi connectivity index (χ1v) is 8.48. The maximum Gasteiger partial charge on any atom is 0.321 e. The maximum absolute atomic E-state index is 11.8. The van der Waals surface area contributed by atoms with Crippen LogP contribution in [0.4, 0.5) is 4.79 Å². The largest absolute Gasteiger partial charge is 0.494 e. The summed E-state index contributed by atoms with van der Waals surface area (Å²) in [6.45, 7) is 7.50. The van der Waals surface area contributed by atoms with Crippen LogP contribution in [0.2, 0.25) is 0 Å². The summed E-state index contributed by atoms with van der Waals surface area (Å²) in [5, 5.41) is 4.61. The lowest BCUT2D eigenvalue weighted by molar-refractivity contribution is -0.154. The number of carbonyl (C=O) groups excluding carboxylic acids is 3. The number of carbonyl (C=O) groups is 3. The highest BCUT2D eigenvalue weighted by Gasteiger charge is 2.20. The van der Waals surface area contributed by atoms with E-state index in [-0.39, 0.29) is 19.1 Å². The minimum Gasteiger partial charge on any atom is -0.494 e. The fourth-order valence-corrected chi connectivity index (χ4v) is 1.87. The van der Waals surface area contributed by atoms with E-state index in [1.807, 2.05) is 6.92 Å². The Labute approximate surface area is 153 Å². The number of nitrogens with one attached hydrogen (secondary N) is 2. The molecule has 0 aliphatic heterocycles. The molecule has 8 nitrogen and oxygen atoms in total. The second-order valence-corrected chi connectivity index (χ2v) is 5.75. The summed E-state index contributed by atoms with van der Waals surface area (Å²) in [6.07, 6.45) is -1.10. The van der Waals surface area contributed by atoms with Crippen LogP contribution in [0.1, 0.15) is 34.1 Å². The summed E-state index contributed by atoms with van der Waals surface area (Å²) in [5.74, 6) is 0.0461. The molecular weight excluding hydrogens is 340 g/mol. The van der Waals surface area contributed by atoms with Crippen LogP contribution in [0.15, 0.2) is 24.3 Å². The van der Waals surface area contributed by atoms with Gasteiger partial charge in [-0.2, -0.15) is 0 Å². The van der Waals surface area contributed by atoms with Crippen molar-refractivity contribution >= 4 is 17.9 Å². The summed E-state index contributed by atoms with van der Waals surface area (Å²) >= 11 is 0. The Bertz CT molecular complexity index is 600. The van der Waals surface area contributed by atoms with Crippen LogP contribution in [0.3, 0.4) is 0 Å². The molecule has 26 heavy (non-hydrogen) atoms. The maximum atomic E-state index is 11.8. The fraction of sp³-hybridized carbons (Fsp3) is 0.500. The number of hydrogen-bond acceptors (Lipinski definition) is 6. The number of ether oxygens (including phenoxy) is 3. The van der Waals surface area contributed by atoms with Crippen molar-refractivity contribution in [2.75, 3.05) is 13.2 Å². The molecule has 1 unspecified atom stereocenters. The topological polar surface area (TPSA) is 103 Å². The van der Waals surface area contributed by atoms with Gasteiger partial charge in [0.15, 0.2) is 6.10 Å². The Morgan fingerprint density at radius 1 is 1.00 bits per heavy atom. The minimum absolute atomic E-state index is 0.0248. The molecule has 0 spiro atoms. The van der Waals surface area contributed by atoms with Crippen LogP contribution in [0, 0.1) is 0 Å². The summed E-state index contributed by atoms with van der Waals surface area (Å²) in [6, 6.07) is 6.27. The van der Waals surface area contributed by atoms with Gasteiger partial charge in [0.05, 0.1) is 19.6 Å². The van der Waals surface area contributed by atoms with E-state index in [2.05, 4.69) is 10.6 Å². The highest BCUT2D eigenvalue weighted by atomic mass is 16.6. The predicted molar refractivity (Wildman–Crippen MR) is 95.1 cm³/mol. The Hall–Kier alpha value is -2.77. The zero-order valence-electron chi connectivity index (χ0n) is 15.5. The van der Waals surface area contributed by atoms with Gasteiger partial charge in [-0.3, -0.25) is 14.9 Å². The molecule has 1 atom stereocenters. The van der Waals surface area contributed by atoms with E-state index >= 15 is 0 Å². The van der Waals surface area contributed by atoms with Crippen molar-refractivity contribution in [3.8, 4) is 11.5 Å². The molecular formula is C18H26N2O6. The fourth-order valence-electron chi connectivity index (χ4n) is 1.87. The zero-order valence-corrected chi connectivity index (χ0v) is 15.5. The van der Waals surface area contributed by atoms with Gasteiger partial charge in [0, 0.05) is 6.04 Å². The van der Waals surface area contributed by atoms with E-state index in [1.165, 1.54) is 6.92 Å². The molecule has 0 saturated heterocycles. The molecule has 0 radical (unpaired) electrons. The van der Waals surface area contributed by atoms with Crippen molar-refractivity contribution < 1.29 is 28.6 Å². The zero-order chi connectivity index (χ0) is 19.5. The van der Waals surface area contributed by atoms with Crippen LogP contribution in [0.25, 0.3) is 0 Å². The van der Waals surface area contributed by atoms with E-state index in [0.717, 1.165) is 5.75 Å². The van der Waals surface area contributed by atoms with Crippen LogP contribution in [-0.4, -0.2) is 43.3 Å². The van der Waals surface area contributed by atoms with Crippen molar-refractivity contribution in [2.24, 2.45) is 0 Å². The monoisotopic (exact) mass is 366 g/mol. The quantitative estimate of drug-likeness (QED) is 0.648. The van der Waals surface area contributed by atoms with Crippen LogP contribution < -0.4 is 20.1 Å². The number of hydrogen-bond donors (Lipinski definition) is 2. The van der Waals surface area contributed by atoms with E-state index in [1.54, 1.807) is 38.1 Å². The smallest absolute Gasteiger partial charge is 0.321 e. The predicted octanol–water partition coefficient (Wildman–Crippen LogP) is 2.02. The normalized spacial score (nSPS) is 11.4. The Balaban J connectivity index is 2.30. The van der Waals surface area contributed by atoms with Gasteiger partial charge in [0.1, 0.15) is 11.5 Å². The Kier molecular flexibility index (Phi) is 8.97. The van der Waals surface area contributed by atoms with Gasteiger partial charge in [0.2, 0.25) is 0 Å². The average Bonchev–Trinajstić information content (AvgIpc) is 2.55. The van der Waals surface area contributed by atoms with Crippen molar-refractivity contribution in [2.45, 2.75) is 46.3 Å². The van der Waals surface area contributed by atoms with Gasteiger partial charge >= 0.3 is 12.0 Å². The summed E-state index contributed by atoms with van der Waals surface area (Å²) in [5.41, 5.74) is 0. The number of amides is 3. The molecule has 0 aromatic heterocycles. The molecule has 1 aromatic carbocycles. The molecule has 2 N–H and O–H groups in total. The number of benzene rings is 1. The first-order valence-electron chi connectivity index (χ1n) is 8.48. The van der Waals surface area contributed by atoms with E-state index < -0.39 is 24.0 Å². The van der Waals surface area contributed by atoms with Crippen molar-refractivity contribution in [1.29, 1.82) is 0 Å². The third-order valence-electron chi connectivity index (χ3n) is 3.04. The summed E-state index contributed by atoms with van der Waals surface area (Å²) in [4.78, 5) is 34.9. The second-order valence-electron chi connectivity index (χ2n) is 5.75. The highest BCUT2D eigenvalue weighted by Crippen LogP contribution is 2.17. The Morgan fingerprint density at radius 3 is 2.12 bits per heavy atom. The van der Waals surface area contributed by atoms with Gasteiger partial charge in [-0.15, -0.1) is 0 Å². The molecule has 0 heterocycles. The van der Waals surface area contributed by atoms with E-state index in [0.29, 0.717) is 12.4 Å². The van der Waals surface area contributed by atoms with Gasteiger partial charge in [-0.05, 0) is 52.0 Å². The van der Waals surface area contributed by atoms with Crippen LogP contribution >= 0.6 is 0 Å². The molecule has 0 fully saturated rings. The third kappa shape index (κ3) is 8.36. The number of urea groups is 1.